The van der Waals surface area contributed by atoms with E-state index < -0.39 is 37.4 Å². The number of benzene rings is 1. The predicted molar refractivity (Wildman–Crippen MR) is 124 cm³/mol. The number of ether oxygens (including phenoxy) is 1. The summed E-state index contributed by atoms with van der Waals surface area (Å²) in [5.74, 6) is -1.41. The fourth-order valence-corrected chi connectivity index (χ4v) is 4.25. The van der Waals surface area contributed by atoms with E-state index in [0.29, 0.717) is 35.4 Å². The maximum Gasteiger partial charge on any atom is 0.256 e. The van der Waals surface area contributed by atoms with Crippen molar-refractivity contribution >= 4 is 23.4 Å². The topological polar surface area (TPSA) is 151 Å². The average Bonchev–Trinajstić information content (AvgIpc) is 2.82. The van der Waals surface area contributed by atoms with Gasteiger partial charge in [0.25, 0.3) is 17.7 Å². The standard InChI is InChI=1S/C23H35N3O8/c1-6-16-20(23(33)25(5)17(30)11-28)13(2)19(22(32)24(4)9-15(29)10-27)14(3)21(16)26-7-8-34-12-18(26)31/h15,17,27-30H,6-12H2,1-5H3. The third kappa shape index (κ3) is 5.39. The molecule has 1 aliphatic rings. The van der Waals surface area contributed by atoms with Crippen molar-refractivity contribution in [2.45, 2.75) is 39.5 Å². The van der Waals surface area contributed by atoms with Crippen LogP contribution in [0.3, 0.4) is 0 Å². The Hall–Kier alpha value is -2.57. The van der Waals surface area contributed by atoms with E-state index in [2.05, 4.69) is 0 Å². The molecule has 11 heteroatoms. The molecule has 1 aromatic rings. The summed E-state index contributed by atoms with van der Waals surface area (Å²) in [6.07, 6.45) is -2.23. The van der Waals surface area contributed by atoms with E-state index in [4.69, 9.17) is 4.74 Å². The van der Waals surface area contributed by atoms with E-state index in [0.717, 1.165) is 4.90 Å². The lowest BCUT2D eigenvalue weighted by Crippen LogP contribution is -2.44. The molecule has 0 spiro atoms. The van der Waals surface area contributed by atoms with Gasteiger partial charge in [-0.2, -0.15) is 0 Å². The number of hydrogen-bond acceptors (Lipinski definition) is 8. The van der Waals surface area contributed by atoms with Gasteiger partial charge in [0.1, 0.15) is 6.61 Å². The van der Waals surface area contributed by atoms with Crippen molar-refractivity contribution in [1.82, 2.24) is 9.80 Å². The first-order valence-corrected chi connectivity index (χ1v) is 11.2. The number of likely N-dealkylation sites (N-methyl/N-ethyl adjacent to an activating group) is 2. The van der Waals surface area contributed by atoms with Gasteiger partial charge in [-0.1, -0.05) is 6.92 Å². The van der Waals surface area contributed by atoms with Crippen molar-refractivity contribution in [3.63, 3.8) is 0 Å². The molecule has 190 valence electrons. The van der Waals surface area contributed by atoms with Crippen LogP contribution in [0.25, 0.3) is 0 Å². The number of anilines is 1. The second kappa shape index (κ2) is 11.7. The van der Waals surface area contributed by atoms with Gasteiger partial charge in [-0.3, -0.25) is 14.4 Å². The molecule has 1 saturated heterocycles. The van der Waals surface area contributed by atoms with E-state index in [1.807, 2.05) is 6.92 Å². The minimum absolute atomic E-state index is 0.130. The fraction of sp³-hybridized carbons (Fsp3) is 0.609. The van der Waals surface area contributed by atoms with Crippen molar-refractivity contribution < 1.29 is 39.5 Å². The summed E-state index contributed by atoms with van der Waals surface area (Å²) in [5, 5.41) is 38.4. The number of carbonyl (C=O) groups is 3. The Labute approximate surface area is 199 Å². The van der Waals surface area contributed by atoms with Gasteiger partial charge in [-0.25, -0.2) is 0 Å². The molecule has 0 bridgehead atoms. The van der Waals surface area contributed by atoms with Crippen LogP contribution >= 0.6 is 0 Å². The van der Waals surface area contributed by atoms with Crippen LogP contribution in [-0.2, 0) is 16.0 Å². The van der Waals surface area contributed by atoms with E-state index >= 15 is 0 Å². The molecule has 11 nitrogen and oxygen atoms in total. The third-order valence-electron chi connectivity index (χ3n) is 6.08. The third-order valence-corrected chi connectivity index (χ3v) is 6.08. The van der Waals surface area contributed by atoms with Gasteiger partial charge >= 0.3 is 0 Å². The zero-order valence-electron chi connectivity index (χ0n) is 20.4. The summed E-state index contributed by atoms with van der Waals surface area (Å²) >= 11 is 0. The number of aliphatic hydroxyl groups excluding tert-OH is 4. The molecule has 1 aliphatic heterocycles. The lowest BCUT2D eigenvalue weighted by Gasteiger charge is -2.34. The molecule has 0 saturated carbocycles. The highest BCUT2D eigenvalue weighted by atomic mass is 16.5. The first-order chi connectivity index (χ1) is 16.0. The number of hydrogen-bond donors (Lipinski definition) is 4. The maximum absolute atomic E-state index is 13.5. The number of amides is 3. The van der Waals surface area contributed by atoms with Crippen LogP contribution < -0.4 is 4.90 Å². The molecular formula is C23H35N3O8. The fourth-order valence-electron chi connectivity index (χ4n) is 4.25. The summed E-state index contributed by atoms with van der Waals surface area (Å²) in [6.45, 7) is 4.22. The second-order valence-corrected chi connectivity index (χ2v) is 8.38. The van der Waals surface area contributed by atoms with Crippen molar-refractivity contribution in [2.75, 3.05) is 58.5 Å². The van der Waals surface area contributed by atoms with Crippen LogP contribution in [0.1, 0.15) is 44.3 Å². The van der Waals surface area contributed by atoms with E-state index in [1.165, 1.54) is 23.9 Å². The molecule has 4 N–H and O–H groups in total. The first-order valence-electron chi connectivity index (χ1n) is 11.2. The molecule has 0 aromatic heterocycles. The van der Waals surface area contributed by atoms with E-state index in [9.17, 15) is 34.8 Å². The Kier molecular flexibility index (Phi) is 9.54. The molecular weight excluding hydrogens is 446 g/mol. The first kappa shape index (κ1) is 27.7. The number of rotatable bonds is 9. The number of aliphatic hydroxyl groups is 4. The monoisotopic (exact) mass is 481 g/mol. The average molecular weight is 482 g/mol. The van der Waals surface area contributed by atoms with Crippen LogP contribution in [0.15, 0.2) is 0 Å². The van der Waals surface area contributed by atoms with Gasteiger partial charge in [0, 0.05) is 38.3 Å². The van der Waals surface area contributed by atoms with Gasteiger partial charge in [-0.15, -0.1) is 0 Å². The molecule has 34 heavy (non-hydrogen) atoms. The van der Waals surface area contributed by atoms with Crippen LogP contribution in [0.4, 0.5) is 5.69 Å². The lowest BCUT2D eigenvalue weighted by atomic mass is 9.87. The van der Waals surface area contributed by atoms with Crippen LogP contribution in [0.5, 0.6) is 0 Å². The van der Waals surface area contributed by atoms with Gasteiger partial charge in [0.15, 0.2) is 6.23 Å². The smallest absolute Gasteiger partial charge is 0.256 e. The highest BCUT2D eigenvalue weighted by molar-refractivity contribution is 6.08. The molecule has 1 fully saturated rings. The van der Waals surface area contributed by atoms with Crippen LogP contribution in [0, 0.1) is 13.8 Å². The van der Waals surface area contributed by atoms with Crippen LogP contribution in [0.2, 0.25) is 0 Å². The summed E-state index contributed by atoms with van der Waals surface area (Å²) in [7, 11) is 2.81. The Morgan fingerprint density at radius 3 is 2.24 bits per heavy atom. The summed E-state index contributed by atoms with van der Waals surface area (Å²) in [5.41, 5.74) is 2.20. The Balaban J connectivity index is 2.82. The van der Waals surface area contributed by atoms with Crippen molar-refractivity contribution in [2.24, 2.45) is 0 Å². The normalized spacial score (nSPS) is 15.8. The summed E-state index contributed by atoms with van der Waals surface area (Å²) < 4.78 is 5.25. The molecule has 1 aromatic carbocycles. The largest absolute Gasteiger partial charge is 0.394 e. The Morgan fingerprint density at radius 2 is 1.71 bits per heavy atom. The summed E-state index contributed by atoms with van der Waals surface area (Å²) in [6, 6.07) is 0. The lowest BCUT2D eigenvalue weighted by molar-refractivity contribution is -0.125. The zero-order valence-corrected chi connectivity index (χ0v) is 20.4. The SMILES string of the molecule is CCc1c(C(=O)N(C)C(O)CO)c(C)c(C(=O)N(C)CC(O)CO)c(C)c1N1CCOCC1=O. The van der Waals surface area contributed by atoms with Gasteiger partial charge in [0.05, 0.1) is 31.6 Å². The molecule has 3 amide bonds. The van der Waals surface area contributed by atoms with Crippen molar-refractivity contribution in [1.29, 1.82) is 0 Å². The highest BCUT2D eigenvalue weighted by Crippen LogP contribution is 2.37. The maximum atomic E-state index is 13.5. The van der Waals surface area contributed by atoms with E-state index in [1.54, 1.807) is 13.8 Å². The minimum Gasteiger partial charge on any atom is -0.394 e. The molecule has 2 unspecified atom stereocenters. The predicted octanol–water partition coefficient (Wildman–Crippen LogP) is -0.963. The summed E-state index contributed by atoms with van der Waals surface area (Å²) in [4.78, 5) is 43.4. The van der Waals surface area contributed by atoms with Crippen molar-refractivity contribution in [3.05, 3.63) is 27.8 Å². The minimum atomic E-state index is -1.45. The zero-order chi connectivity index (χ0) is 25.7. The molecule has 0 radical (unpaired) electrons. The molecule has 2 rings (SSSR count). The van der Waals surface area contributed by atoms with Crippen molar-refractivity contribution in [3.8, 4) is 0 Å². The molecule has 0 aliphatic carbocycles. The number of nitrogens with zero attached hydrogens (tertiary/aromatic N) is 3. The highest BCUT2D eigenvalue weighted by Gasteiger charge is 2.34. The Morgan fingerprint density at radius 1 is 1.06 bits per heavy atom. The number of morpholine rings is 1. The van der Waals surface area contributed by atoms with Gasteiger partial charge in [-0.05, 0) is 37.0 Å². The second-order valence-electron chi connectivity index (χ2n) is 8.38. The molecule has 2 atom stereocenters. The van der Waals surface area contributed by atoms with E-state index in [-0.39, 0.29) is 36.7 Å². The van der Waals surface area contributed by atoms with Gasteiger partial charge < -0.3 is 39.9 Å². The molecule has 1 heterocycles. The van der Waals surface area contributed by atoms with Gasteiger partial charge in [0.2, 0.25) is 0 Å². The van der Waals surface area contributed by atoms with Crippen LogP contribution in [-0.4, -0.2) is 114 Å². The quantitative estimate of drug-likeness (QED) is 0.329. The Bertz CT molecular complexity index is 936. The number of carbonyl (C=O) groups excluding carboxylic acids is 3.